The molecule has 30 heavy (non-hydrogen) atoms. The van der Waals surface area contributed by atoms with Gasteiger partial charge in [0.15, 0.2) is 0 Å². The number of nitrogens with one attached hydrogen (secondary N) is 2. The van der Waals surface area contributed by atoms with Crippen molar-refractivity contribution in [1.82, 2.24) is 20.2 Å². The number of halogens is 2. The molecule has 1 aliphatic rings. The van der Waals surface area contributed by atoms with Gasteiger partial charge in [-0.05, 0) is 65.2 Å². The van der Waals surface area contributed by atoms with Gasteiger partial charge in [-0.2, -0.15) is 0 Å². The van der Waals surface area contributed by atoms with Gasteiger partial charge < -0.3 is 20.3 Å². The number of aromatic amines is 1. The maximum atomic E-state index is 12.8. The molecule has 2 amide bonds. The fourth-order valence-corrected chi connectivity index (χ4v) is 4.42. The zero-order valence-corrected chi connectivity index (χ0v) is 19.2. The SMILES string of the molecule is O=C(N[C@@H](CO)c1nc2cc(Br)ccc2[nH]1)c1ccc(C(=O)N2CCCC2)c(Br)c1. The van der Waals surface area contributed by atoms with Crippen molar-refractivity contribution < 1.29 is 14.7 Å². The molecule has 1 saturated heterocycles. The first-order chi connectivity index (χ1) is 14.5. The van der Waals surface area contributed by atoms with Crippen LogP contribution in [0.4, 0.5) is 0 Å². The van der Waals surface area contributed by atoms with Crippen molar-refractivity contribution in [2.24, 2.45) is 0 Å². The third-order valence-corrected chi connectivity index (χ3v) is 6.29. The average molecular weight is 536 g/mol. The Morgan fingerprint density at radius 1 is 1.17 bits per heavy atom. The maximum absolute atomic E-state index is 12.8. The number of imidazole rings is 1. The third-order valence-electron chi connectivity index (χ3n) is 5.14. The van der Waals surface area contributed by atoms with Crippen LogP contribution in [-0.2, 0) is 0 Å². The Morgan fingerprint density at radius 3 is 2.63 bits per heavy atom. The Hall–Kier alpha value is -2.23. The molecule has 2 aromatic carbocycles. The van der Waals surface area contributed by atoms with Crippen LogP contribution in [0.2, 0.25) is 0 Å². The Labute approximate surface area is 190 Å². The number of carbonyl (C=O) groups excluding carboxylic acids is 2. The number of hydrogen-bond donors (Lipinski definition) is 3. The summed E-state index contributed by atoms with van der Waals surface area (Å²) in [6.45, 7) is 1.22. The summed E-state index contributed by atoms with van der Waals surface area (Å²) in [5.41, 5.74) is 2.47. The van der Waals surface area contributed by atoms with E-state index in [2.05, 4.69) is 47.1 Å². The third kappa shape index (κ3) is 4.28. The minimum Gasteiger partial charge on any atom is -0.394 e. The molecule has 3 N–H and O–H groups in total. The van der Waals surface area contributed by atoms with Crippen molar-refractivity contribution >= 4 is 54.7 Å². The average Bonchev–Trinajstić information content (AvgIpc) is 3.40. The highest BCUT2D eigenvalue weighted by Gasteiger charge is 2.23. The molecule has 1 aromatic heterocycles. The topological polar surface area (TPSA) is 98.3 Å². The van der Waals surface area contributed by atoms with Crippen LogP contribution in [0.25, 0.3) is 11.0 Å². The van der Waals surface area contributed by atoms with E-state index in [4.69, 9.17) is 0 Å². The standard InChI is InChI=1S/C21H20Br2N4O3/c22-13-4-6-16-17(10-13)25-19(24-16)18(11-28)26-20(29)12-3-5-14(15(23)9-12)21(30)27-7-1-2-8-27/h3-6,9-10,18,28H,1-2,7-8,11H2,(H,24,25)(H,26,29)/t18-/m0/s1. The van der Waals surface area contributed by atoms with E-state index >= 15 is 0 Å². The van der Waals surface area contributed by atoms with Gasteiger partial charge in [0.05, 0.1) is 23.2 Å². The summed E-state index contributed by atoms with van der Waals surface area (Å²) in [5.74, 6) is 0.0726. The van der Waals surface area contributed by atoms with Crippen LogP contribution in [0.5, 0.6) is 0 Å². The van der Waals surface area contributed by atoms with E-state index in [1.165, 1.54) is 0 Å². The molecule has 3 aromatic rings. The summed E-state index contributed by atoms with van der Waals surface area (Å²) in [4.78, 5) is 34.8. The van der Waals surface area contributed by atoms with Gasteiger partial charge >= 0.3 is 0 Å². The van der Waals surface area contributed by atoms with E-state index in [1.54, 1.807) is 18.2 Å². The number of aliphatic hydroxyl groups excluding tert-OH is 1. The second kappa shape index (κ2) is 8.87. The number of fused-ring (bicyclic) bond motifs is 1. The van der Waals surface area contributed by atoms with Crippen LogP contribution in [-0.4, -0.2) is 51.5 Å². The number of benzene rings is 2. The highest BCUT2D eigenvalue weighted by molar-refractivity contribution is 9.10. The Morgan fingerprint density at radius 2 is 1.93 bits per heavy atom. The molecule has 0 spiro atoms. The summed E-state index contributed by atoms with van der Waals surface area (Å²) >= 11 is 6.83. The van der Waals surface area contributed by atoms with E-state index in [9.17, 15) is 14.7 Å². The number of amides is 2. The van der Waals surface area contributed by atoms with Crippen molar-refractivity contribution in [2.45, 2.75) is 18.9 Å². The lowest BCUT2D eigenvalue weighted by atomic mass is 10.1. The van der Waals surface area contributed by atoms with Gasteiger partial charge in [0, 0.05) is 27.6 Å². The smallest absolute Gasteiger partial charge is 0.254 e. The summed E-state index contributed by atoms with van der Waals surface area (Å²) in [6.07, 6.45) is 2.04. The molecule has 0 saturated carbocycles. The first-order valence-electron chi connectivity index (χ1n) is 9.62. The maximum Gasteiger partial charge on any atom is 0.254 e. The van der Waals surface area contributed by atoms with Gasteiger partial charge in [0.25, 0.3) is 11.8 Å². The number of H-pyrrole nitrogens is 1. The molecule has 9 heteroatoms. The monoisotopic (exact) mass is 534 g/mol. The second-order valence-electron chi connectivity index (χ2n) is 7.19. The van der Waals surface area contributed by atoms with E-state index in [0.717, 1.165) is 41.4 Å². The van der Waals surface area contributed by atoms with Crippen LogP contribution >= 0.6 is 31.9 Å². The normalized spacial score (nSPS) is 14.8. The molecule has 1 aliphatic heterocycles. The second-order valence-corrected chi connectivity index (χ2v) is 8.96. The predicted molar refractivity (Wildman–Crippen MR) is 120 cm³/mol. The Balaban J connectivity index is 1.51. The quantitative estimate of drug-likeness (QED) is 0.463. The van der Waals surface area contributed by atoms with Crippen molar-refractivity contribution in [3.05, 3.63) is 62.3 Å². The fraction of sp³-hybridized carbons (Fsp3) is 0.286. The van der Waals surface area contributed by atoms with E-state index in [0.29, 0.717) is 21.4 Å². The molecule has 1 atom stereocenters. The highest BCUT2D eigenvalue weighted by atomic mass is 79.9. The Kier molecular flexibility index (Phi) is 6.21. The van der Waals surface area contributed by atoms with Gasteiger partial charge in [-0.25, -0.2) is 4.98 Å². The molecule has 0 aliphatic carbocycles. The van der Waals surface area contributed by atoms with Crippen molar-refractivity contribution in [1.29, 1.82) is 0 Å². The van der Waals surface area contributed by atoms with Gasteiger partial charge in [-0.3, -0.25) is 9.59 Å². The molecule has 0 unspecified atom stereocenters. The van der Waals surface area contributed by atoms with Crippen molar-refractivity contribution in [2.75, 3.05) is 19.7 Å². The van der Waals surface area contributed by atoms with Gasteiger partial charge in [0.2, 0.25) is 0 Å². The summed E-state index contributed by atoms with van der Waals surface area (Å²) in [5, 5.41) is 12.6. The fourth-order valence-electron chi connectivity index (χ4n) is 3.53. The number of likely N-dealkylation sites (tertiary alicyclic amines) is 1. The summed E-state index contributed by atoms with van der Waals surface area (Å²) in [6, 6.07) is 9.84. The zero-order valence-electron chi connectivity index (χ0n) is 16.0. The largest absolute Gasteiger partial charge is 0.394 e. The molecule has 156 valence electrons. The molecular formula is C21H20Br2N4O3. The van der Waals surface area contributed by atoms with E-state index < -0.39 is 6.04 Å². The molecular weight excluding hydrogens is 516 g/mol. The van der Waals surface area contributed by atoms with E-state index in [-0.39, 0.29) is 18.4 Å². The molecule has 4 rings (SSSR count). The Bertz CT molecular complexity index is 1110. The zero-order chi connectivity index (χ0) is 21.3. The van der Waals surface area contributed by atoms with Crippen molar-refractivity contribution in [3.8, 4) is 0 Å². The van der Waals surface area contributed by atoms with Crippen LogP contribution in [0.1, 0.15) is 45.4 Å². The first-order valence-corrected chi connectivity index (χ1v) is 11.2. The molecule has 0 bridgehead atoms. The number of aliphatic hydroxyl groups is 1. The number of hydrogen-bond acceptors (Lipinski definition) is 4. The van der Waals surface area contributed by atoms with Gasteiger partial charge in [-0.15, -0.1) is 0 Å². The molecule has 2 heterocycles. The number of aromatic nitrogens is 2. The van der Waals surface area contributed by atoms with Crippen LogP contribution in [0, 0.1) is 0 Å². The predicted octanol–water partition coefficient (Wildman–Crippen LogP) is 3.79. The lowest BCUT2D eigenvalue weighted by Gasteiger charge is -2.17. The lowest BCUT2D eigenvalue weighted by Crippen LogP contribution is -2.32. The minimum atomic E-state index is -0.687. The summed E-state index contributed by atoms with van der Waals surface area (Å²) in [7, 11) is 0. The minimum absolute atomic E-state index is 0.0343. The van der Waals surface area contributed by atoms with Gasteiger partial charge in [-0.1, -0.05) is 15.9 Å². The van der Waals surface area contributed by atoms with Crippen LogP contribution in [0.15, 0.2) is 45.3 Å². The summed E-state index contributed by atoms with van der Waals surface area (Å²) < 4.78 is 1.47. The number of nitrogens with zero attached hydrogens (tertiary/aromatic N) is 2. The highest BCUT2D eigenvalue weighted by Crippen LogP contribution is 2.24. The number of carbonyl (C=O) groups is 2. The number of rotatable bonds is 5. The molecule has 0 radical (unpaired) electrons. The lowest BCUT2D eigenvalue weighted by molar-refractivity contribution is 0.0791. The van der Waals surface area contributed by atoms with Crippen LogP contribution < -0.4 is 5.32 Å². The molecule has 1 fully saturated rings. The first kappa shape index (κ1) is 21.0. The van der Waals surface area contributed by atoms with Gasteiger partial charge in [0.1, 0.15) is 11.9 Å². The molecule has 7 nitrogen and oxygen atoms in total. The van der Waals surface area contributed by atoms with E-state index in [1.807, 2.05) is 23.1 Å². The van der Waals surface area contributed by atoms with Crippen LogP contribution in [0.3, 0.4) is 0 Å². The van der Waals surface area contributed by atoms with Crippen molar-refractivity contribution in [3.63, 3.8) is 0 Å².